The second-order valence-electron chi connectivity index (χ2n) is 5.92. The number of hydrogen-bond acceptors (Lipinski definition) is 2. The molecule has 2 nitrogen and oxygen atoms in total. The molecule has 0 saturated heterocycles. The predicted molar refractivity (Wildman–Crippen MR) is 82.5 cm³/mol. The highest BCUT2D eigenvalue weighted by Gasteiger charge is 2.14. The predicted octanol–water partition coefficient (Wildman–Crippen LogP) is 3.39. The lowest BCUT2D eigenvalue weighted by Crippen LogP contribution is -2.30. The zero-order chi connectivity index (χ0) is 13.5. The van der Waals surface area contributed by atoms with Gasteiger partial charge in [-0.15, -0.1) is 0 Å². The van der Waals surface area contributed by atoms with Crippen LogP contribution in [0.3, 0.4) is 0 Å². The molecule has 1 aromatic rings. The molecule has 0 radical (unpaired) electrons. The van der Waals surface area contributed by atoms with Gasteiger partial charge in [-0.3, -0.25) is 4.90 Å². The molecule has 19 heavy (non-hydrogen) atoms. The molecule has 0 aliphatic heterocycles. The highest BCUT2D eigenvalue weighted by molar-refractivity contribution is 5.26. The first kappa shape index (κ1) is 14.5. The van der Waals surface area contributed by atoms with Crippen molar-refractivity contribution >= 4 is 0 Å². The van der Waals surface area contributed by atoms with Crippen LogP contribution in [0.2, 0.25) is 0 Å². The summed E-state index contributed by atoms with van der Waals surface area (Å²) in [5.41, 5.74) is 3.02. The van der Waals surface area contributed by atoms with Crippen molar-refractivity contribution in [1.29, 1.82) is 0 Å². The Morgan fingerprint density at radius 3 is 2.42 bits per heavy atom. The minimum Gasteiger partial charge on any atom is -0.307 e. The van der Waals surface area contributed by atoms with Gasteiger partial charge >= 0.3 is 0 Å². The molecule has 1 aliphatic rings. The molecule has 1 saturated carbocycles. The quantitative estimate of drug-likeness (QED) is 0.789. The summed E-state index contributed by atoms with van der Waals surface area (Å²) < 4.78 is 0. The molecule has 1 N–H and O–H groups in total. The van der Waals surface area contributed by atoms with E-state index in [4.69, 9.17) is 0 Å². The van der Waals surface area contributed by atoms with Crippen molar-refractivity contribution in [3.05, 3.63) is 35.4 Å². The molecular weight excluding hydrogens is 232 g/mol. The summed E-state index contributed by atoms with van der Waals surface area (Å²) in [6.07, 6.45) is 8.20. The van der Waals surface area contributed by atoms with Crippen molar-refractivity contribution in [2.75, 3.05) is 27.3 Å². The van der Waals surface area contributed by atoms with Gasteiger partial charge in [0, 0.05) is 13.2 Å². The first-order valence-electron chi connectivity index (χ1n) is 7.71. The van der Waals surface area contributed by atoms with E-state index < -0.39 is 0 Å². The number of likely N-dealkylation sites (N-methyl/N-ethyl adjacent to an activating group) is 1. The second kappa shape index (κ2) is 7.66. The summed E-state index contributed by atoms with van der Waals surface area (Å²) in [6.45, 7) is 2.07. The summed E-state index contributed by atoms with van der Waals surface area (Å²) in [4.78, 5) is 2.31. The molecule has 0 heterocycles. The summed E-state index contributed by atoms with van der Waals surface area (Å²) in [6, 6.07) is 9.39. The van der Waals surface area contributed by atoms with E-state index in [9.17, 15) is 0 Å². The smallest absolute Gasteiger partial charge is 0.0475 e. The SMILES string of the molecule is CNCN(C)CCc1ccc(C2CCCCC2)cc1. The second-order valence-corrected chi connectivity index (χ2v) is 5.92. The number of nitrogens with zero attached hydrogens (tertiary/aromatic N) is 1. The number of rotatable bonds is 6. The molecule has 0 atom stereocenters. The molecule has 0 bridgehead atoms. The lowest BCUT2D eigenvalue weighted by Gasteiger charge is -2.22. The Bertz CT molecular complexity index is 352. The first-order chi connectivity index (χ1) is 9.29. The van der Waals surface area contributed by atoms with Gasteiger partial charge in [0.15, 0.2) is 0 Å². The van der Waals surface area contributed by atoms with Crippen LogP contribution in [0, 0.1) is 0 Å². The van der Waals surface area contributed by atoms with Gasteiger partial charge in [-0.1, -0.05) is 43.5 Å². The normalized spacial score (nSPS) is 17.0. The highest BCUT2D eigenvalue weighted by Crippen LogP contribution is 2.32. The molecule has 106 valence electrons. The van der Waals surface area contributed by atoms with Crippen molar-refractivity contribution in [1.82, 2.24) is 10.2 Å². The van der Waals surface area contributed by atoms with Gasteiger partial charge in [0.1, 0.15) is 0 Å². The minimum atomic E-state index is 0.828. The van der Waals surface area contributed by atoms with Crippen molar-refractivity contribution in [2.24, 2.45) is 0 Å². The Morgan fingerprint density at radius 1 is 1.11 bits per heavy atom. The van der Waals surface area contributed by atoms with Crippen LogP contribution >= 0.6 is 0 Å². The highest BCUT2D eigenvalue weighted by atomic mass is 15.2. The standard InChI is InChI=1S/C17H28N2/c1-18-14-19(2)13-12-15-8-10-17(11-9-15)16-6-4-3-5-7-16/h8-11,16,18H,3-7,12-14H2,1-2H3. The molecule has 0 unspecified atom stereocenters. The van der Waals surface area contributed by atoms with Gasteiger partial charge in [-0.05, 0) is 50.4 Å². The van der Waals surface area contributed by atoms with Gasteiger partial charge in [0.25, 0.3) is 0 Å². The Labute approximate surface area is 118 Å². The monoisotopic (exact) mass is 260 g/mol. The van der Waals surface area contributed by atoms with E-state index in [1.165, 1.54) is 37.7 Å². The van der Waals surface area contributed by atoms with E-state index in [1.807, 2.05) is 7.05 Å². The van der Waals surface area contributed by atoms with Crippen LogP contribution < -0.4 is 5.32 Å². The van der Waals surface area contributed by atoms with Crippen LogP contribution in [0.1, 0.15) is 49.1 Å². The van der Waals surface area contributed by atoms with E-state index in [0.29, 0.717) is 0 Å². The van der Waals surface area contributed by atoms with Crippen LogP contribution in [-0.2, 0) is 6.42 Å². The van der Waals surface area contributed by atoms with Crippen LogP contribution in [-0.4, -0.2) is 32.2 Å². The van der Waals surface area contributed by atoms with Crippen molar-refractivity contribution in [3.8, 4) is 0 Å². The van der Waals surface area contributed by atoms with Crippen LogP contribution in [0.5, 0.6) is 0 Å². The summed E-state index contributed by atoms with van der Waals surface area (Å²) in [5, 5.41) is 3.18. The van der Waals surface area contributed by atoms with Crippen molar-refractivity contribution in [3.63, 3.8) is 0 Å². The largest absolute Gasteiger partial charge is 0.307 e. The van der Waals surface area contributed by atoms with Gasteiger partial charge in [0.05, 0.1) is 0 Å². The third kappa shape index (κ3) is 4.63. The summed E-state index contributed by atoms with van der Waals surface area (Å²) in [7, 11) is 4.16. The van der Waals surface area contributed by atoms with Gasteiger partial charge in [-0.2, -0.15) is 0 Å². The van der Waals surface area contributed by atoms with E-state index in [0.717, 1.165) is 25.6 Å². The Hall–Kier alpha value is -0.860. The fraction of sp³-hybridized carbons (Fsp3) is 0.647. The van der Waals surface area contributed by atoms with E-state index in [-0.39, 0.29) is 0 Å². The van der Waals surface area contributed by atoms with Crippen molar-refractivity contribution < 1.29 is 0 Å². The van der Waals surface area contributed by atoms with Crippen LogP contribution in [0.15, 0.2) is 24.3 Å². The van der Waals surface area contributed by atoms with Crippen molar-refractivity contribution in [2.45, 2.75) is 44.4 Å². The number of hydrogen-bond donors (Lipinski definition) is 1. The molecule has 1 aromatic carbocycles. The van der Waals surface area contributed by atoms with E-state index in [1.54, 1.807) is 5.56 Å². The average Bonchev–Trinajstić information content (AvgIpc) is 2.47. The van der Waals surface area contributed by atoms with Gasteiger partial charge in [0.2, 0.25) is 0 Å². The maximum absolute atomic E-state index is 3.18. The van der Waals surface area contributed by atoms with E-state index in [2.05, 4.69) is 41.5 Å². The topological polar surface area (TPSA) is 15.3 Å². The molecule has 0 amide bonds. The zero-order valence-corrected chi connectivity index (χ0v) is 12.5. The molecular formula is C17H28N2. The molecule has 0 aromatic heterocycles. The maximum Gasteiger partial charge on any atom is 0.0475 e. The first-order valence-corrected chi connectivity index (χ1v) is 7.71. The Kier molecular flexibility index (Phi) is 5.87. The number of nitrogens with one attached hydrogen (secondary N) is 1. The fourth-order valence-electron chi connectivity index (χ4n) is 3.06. The maximum atomic E-state index is 3.18. The summed E-state index contributed by atoms with van der Waals surface area (Å²) in [5.74, 6) is 0.828. The molecule has 2 heteroatoms. The van der Waals surface area contributed by atoms with Crippen LogP contribution in [0.4, 0.5) is 0 Å². The third-order valence-electron chi connectivity index (χ3n) is 4.27. The summed E-state index contributed by atoms with van der Waals surface area (Å²) >= 11 is 0. The Morgan fingerprint density at radius 2 is 1.79 bits per heavy atom. The third-order valence-corrected chi connectivity index (χ3v) is 4.27. The lowest BCUT2D eigenvalue weighted by molar-refractivity contribution is 0.321. The fourth-order valence-corrected chi connectivity index (χ4v) is 3.06. The molecule has 2 rings (SSSR count). The minimum absolute atomic E-state index is 0.828. The Balaban J connectivity index is 1.83. The molecule has 1 aliphatic carbocycles. The van der Waals surface area contributed by atoms with Gasteiger partial charge in [-0.25, -0.2) is 0 Å². The zero-order valence-electron chi connectivity index (χ0n) is 12.5. The van der Waals surface area contributed by atoms with E-state index >= 15 is 0 Å². The van der Waals surface area contributed by atoms with Crippen LogP contribution in [0.25, 0.3) is 0 Å². The average molecular weight is 260 g/mol. The molecule has 1 fully saturated rings. The lowest BCUT2D eigenvalue weighted by atomic mass is 9.84. The number of benzene rings is 1. The van der Waals surface area contributed by atoms with Gasteiger partial charge < -0.3 is 5.32 Å². The molecule has 0 spiro atoms.